The molecule has 0 saturated heterocycles. The Morgan fingerprint density at radius 2 is 1.73 bits per heavy atom. The normalized spacial score (nSPS) is 11.6. The van der Waals surface area contributed by atoms with Crippen LogP contribution in [0.5, 0.6) is 0 Å². The number of nitrogens with one attached hydrogen (secondary N) is 2. The third kappa shape index (κ3) is 4.14. The first-order chi connectivity index (χ1) is 12.2. The molecule has 0 aliphatic rings. The van der Waals surface area contributed by atoms with Crippen molar-refractivity contribution in [2.75, 3.05) is 17.7 Å². The van der Waals surface area contributed by atoms with Crippen LogP contribution in [0.1, 0.15) is 22.8 Å². The molecule has 0 aliphatic carbocycles. The van der Waals surface area contributed by atoms with Gasteiger partial charge < -0.3 is 15.4 Å². The summed E-state index contributed by atoms with van der Waals surface area (Å²) in [4.78, 5) is 23.8. The molecule has 0 unspecified atom stereocenters. The second-order valence-corrected chi connectivity index (χ2v) is 5.60. The lowest BCUT2D eigenvalue weighted by Crippen LogP contribution is -2.32. The summed E-state index contributed by atoms with van der Waals surface area (Å²) in [5.41, 5.74) is 1.08. The highest BCUT2D eigenvalue weighted by molar-refractivity contribution is 5.97. The number of ether oxygens (including phenoxy) is 1. The third-order valence-electron chi connectivity index (χ3n) is 3.72. The van der Waals surface area contributed by atoms with Crippen LogP contribution < -0.4 is 10.6 Å². The van der Waals surface area contributed by atoms with E-state index in [-0.39, 0.29) is 0 Å². The van der Waals surface area contributed by atoms with E-state index in [1.807, 2.05) is 0 Å². The average Bonchev–Trinajstić information content (AvgIpc) is 2.63. The summed E-state index contributed by atoms with van der Waals surface area (Å²) in [5.74, 6) is -5.69. The molecule has 0 fully saturated rings. The van der Waals surface area contributed by atoms with Crippen LogP contribution in [0.2, 0.25) is 0 Å². The van der Waals surface area contributed by atoms with Crippen molar-refractivity contribution in [3.8, 4) is 0 Å². The molecular formula is C18H17F3N2O3. The van der Waals surface area contributed by atoms with Crippen molar-refractivity contribution in [2.45, 2.75) is 19.9 Å². The van der Waals surface area contributed by atoms with Gasteiger partial charge in [0.05, 0.1) is 18.4 Å². The minimum absolute atomic E-state index is 0.292. The number of rotatable bonds is 5. The molecule has 2 aromatic rings. The van der Waals surface area contributed by atoms with Crippen molar-refractivity contribution in [3.05, 3.63) is 58.9 Å². The predicted octanol–water partition coefficient (Wildman–Crippen LogP) is 3.64. The molecular weight excluding hydrogens is 349 g/mol. The summed E-state index contributed by atoms with van der Waals surface area (Å²) >= 11 is 0. The lowest BCUT2D eigenvalue weighted by Gasteiger charge is -2.18. The Balaban J connectivity index is 2.15. The second-order valence-electron chi connectivity index (χ2n) is 5.60. The molecule has 1 atom stereocenters. The predicted molar refractivity (Wildman–Crippen MR) is 90.5 cm³/mol. The number of hydrogen-bond donors (Lipinski definition) is 2. The Kier molecular flexibility index (Phi) is 5.86. The van der Waals surface area contributed by atoms with E-state index in [0.717, 1.165) is 17.7 Å². The fourth-order valence-corrected chi connectivity index (χ4v) is 2.18. The molecule has 0 aliphatic heterocycles. The molecule has 0 saturated carbocycles. The maximum absolute atomic E-state index is 13.7. The maximum Gasteiger partial charge on any atom is 0.337 e. The van der Waals surface area contributed by atoms with Gasteiger partial charge in [0.1, 0.15) is 6.04 Å². The van der Waals surface area contributed by atoms with Gasteiger partial charge in [-0.3, -0.25) is 4.79 Å². The van der Waals surface area contributed by atoms with Crippen molar-refractivity contribution in [1.29, 1.82) is 0 Å². The number of esters is 1. The van der Waals surface area contributed by atoms with Crippen LogP contribution in [0.3, 0.4) is 0 Å². The van der Waals surface area contributed by atoms with E-state index in [0.29, 0.717) is 11.3 Å². The maximum atomic E-state index is 13.7. The monoisotopic (exact) mass is 366 g/mol. The minimum Gasteiger partial charge on any atom is -0.465 e. The summed E-state index contributed by atoms with van der Waals surface area (Å²) in [6.07, 6.45) is 0. The van der Waals surface area contributed by atoms with Crippen LogP contribution in [-0.2, 0) is 9.53 Å². The molecule has 2 N–H and O–H groups in total. The molecule has 0 aromatic heterocycles. The first kappa shape index (κ1) is 19.3. The number of aryl methyl sites for hydroxylation is 1. The first-order valence-corrected chi connectivity index (χ1v) is 7.64. The van der Waals surface area contributed by atoms with E-state index in [1.165, 1.54) is 20.1 Å². The summed E-state index contributed by atoms with van der Waals surface area (Å²) in [6.45, 7) is 3.26. The van der Waals surface area contributed by atoms with E-state index < -0.39 is 41.1 Å². The summed E-state index contributed by atoms with van der Waals surface area (Å²) in [6, 6.07) is 5.57. The van der Waals surface area contributed by atoms with Gasteiger partial charge >= 0.3 is 5.97 Å². The standard InChI is InChI=1S/C18H17F3N2O3/c1-9-4-5-11(18(25)26-3)8-14(9)22-10(2)17(24)23-13-7-6-12(19)15(20)16(13)21/h4-8,10,22H,1-3H3,(H,23,24)/t10-/m1/s1. The van der Waals surface area contributed by atoms with Gasteiger partial charge in [-0.15, -0.1) is 0 Å². The van der Waals surface area contributed by atoms with Crippen LogP contribution in [0.4, 0.5) is 24.5 Å². The van der Waals surface area contributed by atoms with Gasteiger partial charge in [0.15, 0.2) is 17.5 Å². The Hall–Kier alpha value is -3.03. The van der Waals surface area contributed by atoms with Crippen LogP contribution in [-0.4, -0.2) is 25.0 Å². The van der Waals surface area contributed by atoms with Crippen molar-refractivity contribution in [3.63, 3.8) is 0 Å². The van der Waals surface area contributed by atoms with Crippen molar-refractivity contribution < 1.29 is 27.5 Å². The summed E-state index contributed by atoms with van der Waals surface area (Å²) in [5, 5.41) is 5.08. The third-order valence-corrected chi connectivity index (χ3v) is 3.72. The summed E-state index contributed by atoms with van der Waals surface area (Å²) in [7, 11) is 1.25. The Bertz CT molecular complexity index is 856. The van der Waals surface area contributed by atoms with Crippen LogP contribution >= 0.6 is 0 Å². The van der Waals surface area contributed by atoms with Gasteiger partial charge in [-0.1, -0.05) is 6.07 Å². The van der Waals surface area contributed by atoms with E-state index >= 15 is 0 Å². The fourth-order valence-electron chi connectivity index (χ4n) is 2.18. The molecule has 0 spiro atoms. The zero-order valence-corrected chi connectivity index (χ0v) is 14.3. The molecule has 1 amide bonds. The highest BCUT2D eigenvalue weighted by atomic mass is 19.2. The average molecular weight is 366 g/mol. The lowest BCUT2D eigenvalue weighted by molar-refractivity contribution is -0.116. The number of carbonyl (C=O) groups excluding carboxylic acids is 2. The Morgan fingerprint density at radius 3 is 2.38 bits per heavy atom. The second kappa shape index (κ2) is 7.90. The molecule has 2 rings (SSSR count). The minimum atomic E-state index is -1.66. The van der Waals surface area contributed by atoms with E-state index in [4.69, 9.17) is 0 Å². The van der Waals surface area contributed by atoms with E-state index in [9.17, 15) is 22.8 Å². The van der Waals surface area contributed by atoms with Gasteiger partial charge in [-0.2, -0.15) is 0 Å². The topological polar surface area (TPSA) is 67.4 Å². The zero-order chi connectivity index (χ0) is 19.4. The van der Waals surface area contributed by atoms with Crippen LogP contribution in [0.25, 0.3) is 0 Å². The quantitative estimate of drug-likeness (QED) is 0.626. The SMILES string of the molecule is COC(=O)c1ccc(C)c(N[C@H](C)C(=O)Nc2ccc(F)c(F)c2F)c1. The smallest absolute Gasteiger partial charge is 0.337 e. The molecule has 0 heterocycles. The van der Waals surface area contributed by atoms with Gasteiger partial charge in [0, 0.05) is 5.69 Å². The molecule has 5 nitrogen and oxygen atoms in total. The number of benzene rings is 2. The largest absolute Gasteiger partial charge is 0.465 e. The Morgan fingerprint density at radius 1 is 1.04 bits per heavy atom. The van der Waals surface area contributed by atoms with Crippen LogP contribution in [0, 0.1) is 24.4 Å². The molecule has 26 heavy (non-hydrogen) atoms. The van der Waals surface area contributed by atoms with E-state index in [2.05, 4.69) is 15.4 Å². The van der Waals surface area contributed by atoms with Gasteiger partial charge in [-0.05, 0) is 43.7 Å². The molecule has 0 radical (unpaired) electrons. The highest BCUT2D eigenvalue weighted by Gasteiger charge is 2.19. The number of methoxy groups -OCH3 is 1. The number of halogens is 3. The van der Waals surface area contributed by atoms with Gasteiger partial charge in [0.2, 0.25) is 5.91 Å². The number of anilines is 2. The first-order valence-electron chi connectivity index (χ1n) is 7.64. The van der Waals surface area contributed by atoms with Crippen molar-refractivity contribution in [2.24, 2.45) is 0 Å². The number of hydrogen-bond acceptors (Lipinski definition) is 4. The molecule has 2 aromatic carbocycles. The number of amides is 1. The molecule has 138 valence electrons. The zero-order valence-electron chi connectivity index (χ0n) is 14.3. The van der Waals surface area contributed by atoms with Gasteiger partial charge in [0.25, 0.3) is 0 Å². The molecule has 8 heteroatoms. The molecule has 0 bridgehead atoms. The lowest BCUT2D eigenvalue weighted by atomic mass is 10.1. The Labute approximate surface area is 148 Å². The van der Waals surface area contributed by atoms with Gasteiger partial charge in [-0.25, -0.2) is 18.0 Å². The summed E-state index contributed by atoms with van der Waals surface area (Å²) < 4.78 is 44.5. The van der Waals surface area contributed by atoms with Crippen LogP contribution in [0.15, 0.2) is 30.3 Å². The fraction of sp³-hybridized carbons (Fsp3) is 0.222. The van der Waals surface area contributed by atoms with Crippen molar-refractivity contribution in [1.82, 2.24) is 0 Å². The van der Waals surface area contributed by atoms with Crippen molar-refractivity contribution >= 4 is 23.3 Å². The number of carbonyl (C=O) groups is 2. The highest BCUT2D eigenvalue weighted by Crippen LogP contribution is 2.21. The van der Waals surface area contributed by atoms with E-state index in [1.54, 1.807) is 19.1 Å².